The Labute approximate surface area is 135 Å². The van der Waals surface area contributed by atoms with Crippen molar-refractivity contribution in [2.45, 2.75) is 25.7 Å². The van der Waals surface area contributed by atoms with Crippen molar-refractivity contribution in [1.29, 1.82) is 0 Å². The number of esters is 1. The zero-order valence-corrected chi connectivity index (χ0v) is 13.2. The lowest BCUT2D eigenvalue weighted by Gasteiger charge is -2.30. The van der Waals surface area contributed by atoms with Crippen molar-refractivity contribution in [3.8, 4) is 0 Å². The smallest absolute Gasteiger partial charge is 0.308 e. The first-order valence-electron chi connectivity index (χ1n) is 7.79. The molecule has 0 unspecified atom stereocenters. The molecule has 1 N–H and O–H groups in total. The molecule has 2 rings (SSSR count). The third-order valence-corrected chi connectivity index (χ3v) is 3.98. The van der Waals surface area contributed by atoms with Gasteiger partial charge in [0.25, 0.3) is 5.91 Å². The molecule has 7 nitrogen and oxygen atoms in total. The maximum Gasteiger partial charge on any atom is 0.308 e. The largest absolute Gasteiger partial charge is 0.469 e. The predicted molar refractivity (Wildman–Crippen MR) is 81.6 cm³/mol. The quantitative estimate of drug-likeness (QED) is 0.628. The standard InChI is InChI=1S/C16H22N2O5/c1-22-16(21)12-6-9-18(10-7-12)14(19)5-2-8-17-15(20)13-4-3-11-23-13/h3-4,11-12H,2,5-10H2,1H3,(H,17,20). The molecule has 7 heteroatoms. The van der Waals surface area contributed by atoms with E-state index in [-0.39, 0.29) is 29.5 Å². The Morgan fingerprint density at radius 2 is 2.09 bits per heavy atom. The van der Waals surface area contributed by atoms with Crippen LogP contribution in [0, 0.1) is 5.92 Å². The Kier molecular flexibility index (Phi) is 6.19. The third kappa shape index (κ3) is 4.84. The molecule has 1 aromatic rings. The third-order valence-electron chi connectivity index (χ3n) is 3.98. The minimum Gasteiger partial charge on any atom is -0.469 e. The molecule has 0 atom stereocenters. The van der Waals surface area contributed by atoms with Gasteiger partial charge in [-0.15, -0.1) is 0 Å². The molecule has 2 amide bonds. The van der Waals surface area contributed by atoms with E-state index in [2.05, 4.69) is 5.32 Å². The molecule has 1 aromatic heterocycles. The van der Waals surface area contributed by atoms with Crippen LogP contribution in [-0.2, 0) is 14.3 Å². The van der Waals surface area contributed by atoms with Crippen LogP contribution in [0.25, 0.3) is 0 Å². The zero-order valence-electron chi connectivity index (χ0n) is 13.2. The first kappa shape index (κ1) is 17.1. The number of furan rings is 1. The average molecular weight is 322 g/mol. The maximum absolute atomic E-state index is 12.1. The van der Waals surface area contributed by atoms with Gasteiger partial charge in [-0.2, -0.15) is 0 Å². The van der Waals surface area contributed by atoms with Crippen LogP contribution in [0.5, 0.6) is 0 Å². The lowest BCUT2D eigenvalue weighted by Crippen LogP contribution is -2.40. The number of ether oxygens (including phenoxy) is 1. The fourth-order valence-corrected chi connectivity index (χ4v) is 2.63. The van der Waals surface area contributed by atoms with Gasteiger partial charge in [-0.3, -0.25) is 14.4 Å². The summed E-state index contributed by atoms with van der Waals surface area (Å²) in [6.45, 7) is 1.58. The molecule has 0 bridgehead atoms. The molecule has 23 heavy (non-hydrogen) atoms. The normalized spacial score (nSPS) is 15.3. The number of hydrogen-bond acceptors (Lipinski definition) is 5. The second-order valence-electron chi connectivity index (χ2n) is 5.51. The van der Waals surface area contributed by atoms with Gasteiger partial charge in [0.2, 0.25) is 5.91 Å². The van der Waals surface area contributed by atoms with Gasteiger partial charge in [-0.25, -0.2) is 0 Å². The van der Waals surface area contributed by atoms with Gasteiger partial charge in [-0.05, 0) is 31.4 Å². The highest BCUT2D eigenvalue weighted by Gasteiger charge is 2.27. The Hall–Kier alpha value is -2.31. The van der Waals surface area contributed by atoms with E-state index in [1.165, 1.54) is 13.4 Å². The van der Waals surface area contributed by atoms with Crippen LogP contribution in [-0.4, -0.2) is 49.4 Å². The molecule has 1 saturated heterocycles. The van der Waals surface area contributed by atoms with E-state index >= 15 is 0 Å². The molecule has 1 aliphatic heterocycles. The number of rotatable bonds is 6. The van der Waals surface area contributed by atoms with Crippen LogP contribution in [0.1, 0.15) is 36.2 Å². The summed E-state index contributed by atoms with van der Waals surface area (Å²) < 4.78 is 9.71. The van der Waals surface area contributed by atoms with Gasteiger partial charge in [0.1, 0.15) is 0 Å². The summed E-state index contributed by atoms with van der Waals surface area (Å²) in [5, 5.41) is 2.71. The van der Waals surface area contributed by atoms with Gasteiger partial charge in [0.05, 0.1) is 19.3 Å². The van der Waals surface area contributed by atoms with Crippen LogP contribution in [0.2, 0.25) is 0 Å². The van der Waals surface area contributed by atoms with Crippen molar-refractivity contribution in [3.05, 3.63) is 24.2 Å². The van der Waals surface area contributed by atoms with Crippen LogP contribution in [0.3, 0.4) is 0 Å². The molecule has 0 saturated carbocycles. The average Bonchev–Trinajstić information content (AvgIpc) is 3.12. The molecule has 0 spiro atoms. The summed E-state index contributed by atoms with van der Waals surface area (Å²) in [7, 11) is 1.39. The molecule has 1 fully saturated rings. The van der Waals surface area contributed by atoms with E-state index < -0.39 is 0 Å². The van der Waals surface area contributed by atoms with E-state index in [0.717, 1.165) is 0 Å². The highest BCUT2D eigenvalue weighted by molar-refractivity contribution is 5.91. The monoisotopic (exact) mass is 322 g/mol. The van der Waals surface area contributed by atoms with Gasteiger partial charge in [0.15, 0.2) is 5.76 Å². The molecule has 0 aromatic carbocycles. The van der Waals surface area contributed by atoms with Crippen LogP contribution >= 0.6 is 0 Å². The lowest BCUT2D eigenvalue weighted by molar-refractivity contribution is -0.148. The van der Waals surface area contributed by atoms with Gasteiger partial charge in [0, 0.05) is 26.1 Å². The van der Waals surface area contributed by atoms with Crippen molar-refractivity contribution >= 4 is 17.8 Å². The topological polar surface area (TPSA) is 88.9 Å². The highest BCUT2D eigenvalue weighted by atomic mass is 16.5. The van der Waals surface area contributed by atoms with Crippen LogP contribution in [0.4, 0.5) is 0 Å². The van der Waals surface area contributed by atoms with E-state index in [1.807, 2.05) is 0 Å². The van der Waals surface area contributed by atoms with Crippen molar-refractivity contribution in [3.63, 3.8) is 0 Å². The second kappa shape index (κ2) is 8.36. The van der Waals surface area contributed by atoms with Crippen molar-refractivity contribution in [1.82, 2.24) is 10.2 Å². The molecule has 1 aliphatic rings. The Bertz CT molecular complexity index is 533. The summed E-state index contributed by atoms with van der Waals surface area (Å²) in [6, 6.07) is 3.24. The minimum absolute atomic E-state index is 0.0561. The summed E-state index contributed by atoms with van der Waals surface area (Å²) in [6.07, 6.45) is 3.68. The zero-order chi connectivity index (χ0) is 16.7. The van der Waals surface area contributed by atoms with Crippen LogP contribution < -0.4 is 5.32 Å². The SMILES string of the molecule is COC(=O)C1CCN(C(=O)CCCNC(=O)c2ccco2)CC1. The maximum atomic E-state index is 12.1. The number of likely N-dealkylation sites (tertiary alicyclic amines) is 1. The molecule has 126 valence electrons. The Morgan fingerprint density at radius 1 is 1.35 bits per heavy atom. The predicted octanol–water partition coefficient (Wildman–Crippen LogP) is 1.20. The Morgan fingerprint density at radius 3 is 2.70 bits per heavy atom. The fraction of sp³-hybridized carbons (Fsp3) is 0.562. The van der Waals surface area contributed by atoms with Crippen molar-refractivity contribution in [2.24, 2.45) is 5.92 Å². The van der Waals surface area contributed by atoms with E-state index in [0.29, 0.717) is 45.3 Å². The minimum atomic E-state index is -0.277. The van der Waals surface area contributed by atoms with Gasteiger partial charge in [-0.1, -0.05) is 0 Å². The fourth-order valence-electron chi connectivity index (χ4n) is 2.63. The van der Waals surface area contributed by atoms with Crippen molar-refractivity contribution in [2.75, 3.05) is 26.7 Å². The summed E-state index contributed by atoms with van der Waals surface area (Å²) in [4.78, 5) is 36.9. The molecule has 0 aliphatic carbocycles. The van der Waals surface area contributed by atoms with E-state index in [4.69, 9.17) is 9.15 Å². The molecular formula is C16H22N2O5. The van der Waals surface area contributed by atoms with E-state index in [1.54, 1.807) is 17.0 Å². The summed E-state index contributed by atoms with van der Waals surface area (Å²) in [5.74, 6) is -0.252. The molecule has 0 radical (unpaired) electrons. The number of nitrogens with one attached hydrogen (secondary N) is 1. The number of hydrogen-bond donors (Lipinski definition) is 1. The number of carbonyl (C=O) groups is 3. The van der Waals surface area contributed by atoms with Gasteiger partial charge < -0.3 is 19.4 Å². The van der Waals surface area contributed by atoms with E-state index in [9.17, 15) is 14.4 Å². The Balaban J connectivity index is 1.62. The van der Waals surface area contributed by atoms with Crippen LogP contribution in [0.15, 0.2) is 22.8 Å². The second-order valence-corrected chi connectivity index (χ2v) is 5.51. The molecular weight excluding hydrogens is 300 g/mol. The van der Waals surface area contributed by atoms with Gasteiger partial charge >= 0.3 is 5.97 Å². The first-order valence-corrected chi connectivity index (χ1v) is 7.79. The summed E-state index contributed by atoms with van der Waals surface area (Å²) in [5.41, 5.74) is 0. The number of amides is 2. The highest BCUT2D eigenvalue weighted by Crippen LogP contribution is 2.19. The van der Waals surface area contributed by atoms with Crippen molar-refractivity contribution < 1.29 is 23.5 Å². The number of nitrogens with zero attached hydrogens (tertiary/aromatic N) is 1. The number of carbonyl (C=O) groups excluding carboxylic acids is 3. The summed E-state index contributed by atoms with van der Waals surface area (Å²) >= 11 is 0. The lowest BCUT2D eigenvalue weighted by atomic mass is 9.97. The number of methoxy groups -OCH3 is 1. The first-order chi connectivity index (χ1) is 11.1. The number of piperidine rings is 1. The molecule has 2 heterocycles.